The Bertz CT molecular complexity index is 426. The van der Waals surface area contributed by atoms with E-state index < -0.39 is 5.54 Å². The molecule has 2 rings (SSSR count). The van der Waals surface area contributed by atoms with Crippen LogP contribution in [0.5, 0.6) is 0 Å². The van der Waals surface area contributed by atoms with Crippen LogP contribution in [0.2, 0.25) is 0 Å². The van der Waals surface area contributed by atoms with Gasteiger partial charge in [0.15, 0.2) is 0 Å². The van der Waals surface area contributed by atoms with Gasteiger partial charge in [0, 0.05) is 10.0 Å². The molecule has 0 aromatic heterocycles. The second-order valence-corrected chi connectivity index (χ2v) is 4.68. The topological polar surface area (TPSA) is 55.1 Å². The normalized spacial score (nSPS) is 24.7. The molecule has 0 fully saturated rings. The summed E-state index contributed by atoms with van der Waals surface area (Å²) in [6.07, 6.45) is 0. The number of hydrogen-bond acceptors (Lipinski definition) is 2. The molecule has 0 aliphatic carbocycles. The van der Waals surface area contributed by atoms with Crippen molar-refractivity contribution in [2.75, 3.05) is 5.32 Å². The molecule has 74 valence electrons. The van der Waals surface area contributed by atoms with Crippen molar-refractivity contribution in [1.82, 2.24) is 0 Å². The molecule has 1 aliphatic heterocycles. The molecular weight excluding hydrogens is 244 g/mol. The lowest BCUT2D eigenvalue weighted by atomic mass is 9.94. The molecule has 0 radical (unpaired) electrons. The molecule has 1 heterocycles. The van der Waals surface area contributed by atoms with Gasteiger partial charge in [-0.2, -0.15) is 0 Å². The van der Waals surface area contributed by atoms with Gasteiger partial charge in [0.1, 0.15) is 5.54 Å². The monoisotopic (exact) mass is 254 g/mol. The van der Waals surface area contributed by atoms with Crippen LogP contribution >= 0.6 is 15.9 Å². The first kappa shape index (κ1) is 9.68. The van der Waals surface area contributed by atoms with Crippen molar-refractivity contribution in [3.63, 3.8) is 0 Å². The maximum absolute atomic E-state index is 11.6. The van der Waals surface area contributed by atoms with Gasteiger partial charge < -0.3 is 11.1 Å². The first-order chi connectivity index (χ1) is 6.43. The number of amides is 1. The summed E-state index contributed by atoms with van der Waals surface area (Å²) in [4.78, 5) is 11.6. The largest absolute Gasteiger partial charge is 0.323 e. The zero-order chi connectivity index (χ0) is 10.5. The number of hydrogen-bond donors (Lipinski definition) is 2. The molecule has 1 atom stereocenters. The van der Waals surface area contributed by atoms with Crippen LogP contribution in [-0.2, 0) is 10.3 Å². The zero-order valence-electron chi connectivity index (χ0n) is 8.02. The van der Waals surface area contributed by atoms with E-state index in [1.807, 2.05) is 19.1 Å². The number of carbonyl (C=O) groups excluding carboxylic acids is 1. The number of nitrogens with one attached hydrogen (secondary N) is 1. The minimum atomic E-state index is -0.913. The van der Waals surface area contributed by atoms with Crippen LogP contribution in [0.1, 0.15) is 18.1 Å². The molecule has 0 saturated heterocycles. The highest BCUT2D eigenvalue weighted by molar-refractivity contribution is 9.10. The van der Waals surface area contributed by atoms with Crippen molar-refractivity contribution >= 4 is 27.5 Å². The number of benzene rings is 1. The number of rotatable bonds is 0. The molecule has 4 heteroatoms. The SMILES string of the molecule is Cc1cc(Br)c2c(c1)C(C)(N)C(=O)N2. The molecule has 1 unspecified atom stereocenters. The lowest BCUT2D eigenvalue weighted by Crippen LogP contribution is -2.40. The van der Waals surface area contributed by atoms with Gasteiger partial charge in [0.25, 0.3) is 0 Å². The molecule has 0 bridgehead atoms. The molecule has 0 saturated carbocycles. The van der Waals surface area contributed by atoms with Gasteiger partial charge in [0.2, 0.25) is 5.91 Å². The first-order valence-electron chi connectivity index (χ1n) is 4.34. The summed E-state index contributed by atoms with van der Waals surface area (Å²) in [7, 11) is 0. The summed E-state index contributed by atoms with van der Waals surface area (Å²) in [6.45, 7) is 3.70. The Hall–Kier alpha value is -0.870. The van der Waals surface area contributed by atoms with Crippen LogP contribution in [0.15, 0.2) is 16.6 Å². The van der Waals surface area contributed by atoms with Gasteiger partial charge in [0.05, 0.1) is 5.69 Å². The number of aryl methyl sites for hydroxylation is 1. The minimum absolute atomic E-state index is 0.154. The Morgan fingerprint density at radius 2 is 2.14 bits per heavy atom. The fourth-order valence-electron chi connectivity index (χ4n) is 1.64. The van der Waals surface area contributed by atoms with Gasteiger partial charge in [-0.1, -0.05) is 6.07 Å². The number of nitrogens with two attached hydrogens (primary N) is 1. The highest BCUT2D eigenvalue weighted by Crippen LogP contribution is 2.39. The Labute approximate surface area is 90.8 Å². The van der Waals surface area contributed by atoms with Crippen LogP contribution in [0, 0.1) is 6.92 Å². The molecule has 1 aromatic carbocycles. The van der Waals surface area contributed by atoms with Crippen molar-refractivity contribution in [3.05, 3.63) is 27.7 Å². The Balaban J connectivity index is 2.71. The number of anilines is 1. The standard InChI is InChI=1S/C10H11BrN2O/c1-5-3-6-8(7(11)4-5)13-9(14)10(6,2)12/h3-4H,12H2,1-2H3,(H,13,14). The summed E-state index contributed by atoms with van der Waals surface area (Å²) >= 11 is 3.41. The van der Waals surface area contributed by atoms with E-state index in [0.717, 1.165) is 21.3 Å². The summed E-state index contributed by atoms with van der Waals surface area (Å²) in [5.41, 5.74) is 7.76. The van der Waals surface area contributed by atoms with Crippen molar-refractivity contribution in [1.29, 1.82) is 0 Å². The second kappa shape index (κ2) is 2.81. The van der Waals surface area contributed by atoms with Gasteiger partial charge in [-0.3, -0.25) is 4.79 Å². The van der Waals surface area contributed by atoms with Gasteiger partial charge in [-0.15, -0.1) is 0 Å². The van der Waals surface area contributed by atoms with E-state index in [0.29, 0.717) is 0 Å². The average Bonchev–Trinajstić information content (AvgIpc) is 2.28. The van der Waals surface area contributed by atoms with Crippen molar-refractivity contribution in [3.8, 4) is 0 Å². The highest BCUT2D eigenvalue weighted by Gasteiger charge is 2.40. The van der Waals surface area contributed by atoms with Crippen molar-refractivity contribution in [2.45, 2.75) is 19.4 Å². The number of halogens is 1. The van der Waals surface area contributed by atoms with Gasteiger partial charge >= 0.3 is 0 Å². The third kappa shape index (κ3) is 1.18. The quantitative estimate of drug-likeness (QED) is 0.743. The van der Waals surface area contributed by atoms with E-state index in [4.69, 9.17) is 5.73 Å². The average molecular weight is 255 g/mol. The summed E-state index contributed by atoms with van der Waals surface area (Å²) in [5.74, 6) is -0.154. The fourth-order valence-corrected chi connectivity index (χ4v) is 2.32. The Morgan fingerprint density at radius 1 is 1.50 bits per heavy atom. The molecule has 3 N–H and O–H groups in total. The predicted molar refractivity (Wildman–Crippen MR) is 59.0 cm³/mol. The molecule has 1 aliphatic rings. The smallest absolute Gasteiger partial charge is 0.248 e. The van der Waals surface area contributed by atoms with E-state index in [1.165, 1.54) is 0 Å². The minimum Gasteiger partial charge on any atom is -0.323 e. The lowest BCUT2D eigenvalue weighted by molar-refractivity contribution is -0.120. The molecule has 3 nitrogen and oxygen atoms in total. The van der Waals surface area contributed by atoms with E-state index in [1.54, 1.807) is 6.92 Å². The molecule has 1 amide bonds. The fraction of sp³-hybridized carbons (Fsp3) is 0.300. The van der Waals surface area contributed by atoms with E-state index in [2.05, 4.69) is 21.2 Å². The van der Waals surface area contributed by atoms with E-state index >= 15 is 0 Å². The Kier molecular flexibility index (Phi) is 1.94. The first-order valence-corrected chi connectivity index (χ1v) is 5.13. The highest BCUT2D eigenvalue weighted by atomic mass is 79.9. The maximum atomic E-state index is 11.6. The predicted octanol–water partition coefficient (Wildman–Crippen LogP) is 1.88. The third-order valence-corrected chi connectivity index (χ3v) is 3.13. The van der Waals surface area contributed by atoms with Crippen molar-refractivity contribution in [2.24, 2.45) is 5.73 Å². The summed E-state index contributed by atoms with van der Waals surface area (Å²) < 4.78 is 0.884. The lowest BCUT2D eigenvalue weighted by Gasteiger charge is -2.15. The molecule has 0 spiro atoms. The van der Waals surface area contributed by atoms with Crippen LogP contribution in [0.4, 0.5) is 5.69 Å². The van der Waals surface area contributed by atoms with Crippen LogP contribution in [0.3, 0.4) is 0 Å². The van der Waals surface area contributed by atoms with E-state index in [-0.39, 0.29) is 5.91 Å². The Morgan fingerprint density at radius 3 is 2.79 bits per heavy atom. The maximum Gasteiger partial charge on any atom is 0.248 e. The van der Waals surface area contributed by atoms with Crippen LogP contribution < -0.4 is 11.1 Å². The van der Waals surface area contributed by atoms with Gasteiger partial charge in [-0.25, -0.2) is 0 Å². The van der Waals surface area contributed by atoms with Crippen LogP contribution in [0.25, 0.3) is 0 Å². The van der Waals surface area contributed by atoms with Crippen molar-refractivity contribution < 1.29 is 4.79 Å². The molecule has 14 heavy (non-hydrogen) atoms. The molecule has 1 aromatic rings. The van der Waals surface area contributed by atoms with Gasteiger partial charge in [-0.05, 0) is 41.4 Å². The summed E-state index contributed by atoms with van der Waals surface area (Å²) in [5, 5.41) is 2.77. The third-order valence-electron chi connectivity index (χ3n) is 2.50. The number of fused-ring (bicyclic) bond motifs is 1. The zero-order valence-corrected chi connectivity index (χ0v) is 9.60. The summed E-state index contributed by atoms with van der Waals surface area (Å²) in [6, 6.07) is 3.90. The van der Waals surface area contributed by atoms with Crippen LogP contribution in [-0.4, -0.2) is 5.91 Å². The van der Waals surface area contributed by atoms with E-state index in [9.17, 15) is 4.79 Å². The second-order valence-electron chi connectivity index (χ2n) is 3.83. The molecular formula is C10H11BrN2O. The number of carbonyl (C=O) groups is 1.